The van der Waals surface area contributed by atoms with Gasteiger partial charge >= 0.3 is 0 Å². The Morgan fingerprint density at radius 1 is 1.25 bits per heavy atom. The number of carbonyl (C=O) groups is 1. The summed E-state index contributed by atoms with van der Waals surface area (Å²) in [4.78, 5) is 10.9. The molecule has 0 saturated carbocycles. The average molecular weight is 224 g/mol. The summed E-state index contributed by atoms with van der Waals surface area (Å²) in [6.45, 7) is 3.71. The molecule has 0 amide bonds. The molecule has 0 atom stereocenters. The normalized spacial score (nSPS) is 14.7. The van der Waals surface area contributed by atoms with Crippen LogP contribution < -0.4 is 9.47 Å². The molecule has 0 radical (unpaired) electrons. The summed E-state index contributed by atoms with van der Waals surface area (Å²) in [7, 11) is 0. The Morgan fingerprint density at radius 3 is 2.31 bits per heavy atom. The minimum absolute atomic E-state index is 0.303. The second-order valence-electron chi connectivity index (χ2n) is 4.17. The van der Waals surface area contributed by atoms with Crippen LogP contribution in [0, 0.1) is 0 Å². The van der Waals surface area contributed by atoms with Crippen LogP contribution in [0.1, 0.15) is 29.8 Å². The quantitative estimate of drug-likeness (QED) is 0.724. The largest absolute Gasteiger partial charge is 0.486 e. The van der Waals surface area contributed by atoms with E-state index in [1.165, 1.54) is 26.0 Å². The van der Waals surface area contributed by atoms with Crippen LogP contribution >= 0.6 is 0 Å². The molecule has 86 valence electrons. The molecule has 1 aromatic carbocycles. The van der Waals surface area contributed by atoms with E-state index in [9.17, 15) is 9.18 Å². The van der Waals surface area contributed by atoms with Gasteiger partial charge in [-0.15, -0.1) is 0 Å². The number of aldehydes is 1. The van der Waals surface area contributed by atoms with Crippen molar-refractivity contribution in [3.8, 4) is 11.5 Å². The molecular weight excluding hydrogens is 211 g/mol. The molecular formula is C12H13FO3. The number of rotatable bonds is 2. The van der Waals surface area contributed by atoms with Gasteiger partial charge in [-0.3, -0.25) is 4.79 Å². The van der Waals surface area contributed by atoms with Crippen LogP contribution in [0.25, 0.3) is 0 Å². The fourth-order valence-electron chi connectivity index (χ4n) is 1.72. The molecule has 0 unspecified atom stereocenters. The number of ether oxygens (including phenoxy) is 2. The summed E-state index contributed by atoms with van der Waals surface area (Å²) in [5, 5.41) is 0. The Labute approximate surface area is 93.2 Å². The van der Waals surface area contributed by atoms with E-state index < -0.39 is 5.67 Å². The Balaban J connectivity index is 2.56. The van der Waals surface area contributed by atoms with Gasteiger partial charge in [-0.2, -0.15) is 0 Å². The van der Waals surface area contributed by atoms with Gasteiger partial charge in [0.1, 0.15) is 18.9 Å². The highest BCUT2D eigenvalue weighted by Gasteiger charge is 2.26. The zero-order valence-electron chi connectivity index (χ0n) is 9.25. The molecule has 2 rings (SSSR count). The fraction of sp³-hybridized carbons (Fsp3) is 0.417. The molecule has 16 heavy (non-hydrogen) atoms. The van der Waals surface area contributed by atoms with E-state index in [0.717, 1.165) is 0 Å². The summed E-state index contributed by atoms with van der Waals surface area (Å²) in [6.07, 6.45) is 0.634. The maximum Gasteiger partial charge on any atom is 0.162 e. The van der Waals surface area contributed by atoms with Crippen LogP contribution in [0.2, 0.25) is 0 Å². The smallest absolute Gasteiger partial charge is 0.162 e. The molecule has 4 heteroatoms. The van der Waals surface area contributed by atoms with Crippen LogP contribution in [-0.2, 0) is 5.67 Å². The van der Waals surface area contributed by atoms with Gasteiger partial charge in [0.2, 0.25) is 0 Å². The highest BCUT2D eigenvalue weighted by Crippen LogP contribution is 2.37. The van der Waals surface area contributed by atoms with Crippen LogP contribution in [0.4, 0.5) is 4.39 Å². The van der Waals surface area contributed by atoms with Crippen molar-refractivity contribution in [3.63, 3.8) is 0 Å². The maximum absolute atomic E-state index is 13.9. The number of benzene rings is 1. The first kappa shape index (κ1) is 10.9. The summed E-state index contributed by atoms with van der Waals surface area (Å²) in [6, 6.07) is 3.07. The van der Waals surface area contributed by atoms with E-state index in [-0.39, 0.29) is 0 Å². The number of halogens is 1. The van der Waals surface area contributed by atoms with Gasteiger partial charge in [-0.1, -0.05) is 0 Å². The molecule has 1 aromatic rings. The predicted octanol–water partition coefficient (Wildman–Crippen LogP) is 2.47. The Kier molecular flexibility index (Phi) is 2.58. The lowest BCUT2D eigenvalue weighted by Gasteiger charge is -2.23. The molecule has 0 saturated heterocycles. The molecule has 3 nitrogen and oxygen atoms in total. The van der Waals surface area contributed by atoms with Gasteiger partial charge in [-0.25, -0.2) is 4.39 Å². The third kappa shape index (κ3) is 1.87. The number of fused-ring (bicyclic) bond motifs is 1. The zero-order chi connectivity index (χ0) is 11.8. The molecule has 0 aromatic heterocycles. The first-order valence-corrected chi connectivity index (χ1v) is 5.10. The van der Waals surface area contributed by atoms with E-state index >= 15 is 0 Å². The summed E-state index contributed by atoms with van der Waals surface area (Å²) >= 11 is 0. The van der Waals surface area contributed by atoms with Crippen LogP contribution in [0.5, 0.6) is 11.5 Å². The predicted molar refractivity (Wildman–Crippen MR) is 57.0 cm³/mol. The average Bonchev–Trinajstić information content (AvgIpc) is 2.26. The van der Waals surface area contributed by atoms with Crippen LogP contribution in [0.15, 0.2) is 12.1 Å². The van der Waals surface area contributed by atoms with E-state index in [1.54, 1.807) is 0 Å². The van der Waals surface area contributed by atoms with Gasteiger partial charge in [0.15, 0.2) is 17.8 Å². The van der Waals surface area contributed by atoms with Crippen molar-refractivity contribution in [2.45, 2.75) is 19.5 Å². The number of hydrogen-bond donors (Lipinski definition) is 0. The summed E-state index contributed by atoms with van der Waals surface area (Å²) in [5.41, 5.74) is -0.949. The van der Waals surface area contributed by atoms with Gasteiger partial charge in [0.05, 0.1) is 0 Å². The second kappa shape index (κ2) is 3.77. The standard InChI is InChI=1S/C12H13FO3/c1-12(2,13)9-6-11-10(5-8(9)7-14)15-3-4-16-11/h5-7H,3-4H2,1-2H3. The van der Waals surface area contributed by atoms with Gasteiger partial charge in [-0.05, 0) is 26.0 Å². The molecule has 0 bridgehead atoms. The number of alkyl halides is 1. The third-order valence-electron chi connectivity index (χ3n) is 2.48. The minimum atomic E-state index is -1.58. The van der Waals surface area contributed by atoms with E-state index in [2.05, 4.69) is 0 Å². The summed E-state index contributed by atoms with van der Waals surface area (Å²) in [5.74, 6) is 0.999. The Hall–Kier alpha value is -1.58. The molecule has 1 aliphatic heterocycles. The fourth-order valence-corrected chi connectivity index (χ4v) is 1.72. The highest BCUT2D eigenvalue weighted by atomic mass is 19.1. The lowest BCUT2D eigenvalue weighted by atomic mass is 9.94. The Bertz CT molecular complexity index is 421. The molecule has 0 spiro atoms. The third-order valence-corrected chi connectivity index (χ3v) is 2.48. The first-order valence-electron chi connectivity index (χ1n) is 5.10. The highest BCUT2D eigenvalue weighted by molar-refractivity contribution is 5.80. The number of carbonyl (C=O) groups excluding carboxylic acids is 1. The number of hydrogen-bond acceptors (Lipinski definition) is 3. The van der Waals surface area contributed by atoms with Crippen molar-refractivity contribution in [1.29, 1.82) is 0 Å². The maximum atomic E-state index is 13.9. The monoisotopic (exact) mass is 224 g/mol. The zero-order valence-corrected chi connectivity index (χ0v) is 9.25. The van der Waals surface area contributed by atoms with Gasteiger partial charge in [0.25, 0.3) is 0 Å². The van der Waals surface area contributed by atoms with Gasteiger partial charge < -0.3 is 9.47 Å². The molecule has 0 aliphatic carbocycles. The Morgan fingerprint density at radius 2 is 1.81 bits per heavy atom. The molecule has 0 fully saturated rings. The van der Waals surface area contributed by atoms with E-state index in [4.69, 9.17) is 9.47 Å². The van der Waals surface area contributed by atoms with Crippen LogP contribution in [-0.4, -0.2) is 19.5 Å². The second-order valence-corrected chi connectivity index (χ2v) is 4.17. The molecule has 0 N–H and O–H groups in total. The summed E-state index contributed by atoms with van der Waals surface area (Å²) < 4.78 is 24.6. The van der Waals surface area contributed by atoms with Gasteiger partial charge in [0, 0.05) is 11.1 Å². The van der Waals surface area contributed by atoms with Crippen LogP contribution in [0.3, 0.4) is 0 Å². The van der Waals surface area contributed by atoms with Crippen molar-refractivity contribution < 1.29 is 18.7 Å². The van der Waals surface area contributed by atoms with E-state index in [1.807, 2.05) is 0 Å². The van der Waals surface area contributed by atoms with Crippen molar-refractivity contribution in [2.75, 3.05) is 13.2 Å². The van der Waals surface area contributed by atoms with E-state index in [0.29, 0.717) is 42.1 Å². The van der Waals surface area contributed by atoms with Crippen molar-refractivity contribution in [3.05, 3.63) is 23.3 Å². The van der Waals surface area contributed by atoms with Crippen molar-refractivity contribution in [2.24, 2.45) is 0 Å². The first-order chi connectivity index (χ1) is 7.52. The SMILES string of the molecule is CC(C)(F)c1cc2c(cc1C=O)OCCO2. The van der Waals surface area contributed by atoms with Crippen molar-refractivity contribution in [1.82, 2.24) is 0 Å². The lowest BCUT2D eigenvalue weighted by molar-refractivity contribution is 0.111. The lowest BCUT2D eigenvalue weighted by Crippen LogP contribution is -2.18. The molecule has 1 aliphatic rings. The molecule has 1 heterocycles. The topological polar surface area (TPSA) is 35.5 Å². The van der Waals surface area contributed by atoms with Crippen molar-refractivity contribution >= 4 is 6.29 Å². The minimum Gasteiger partial charge on any atom is -0.486 e.